The molecule has 6 heteroatoms. The molecule has 0 aliphatic carbocycles. The summed E-state index contributed by atoms with van der Waals surface area (Å²) in [6.07, 6.45) is 1.59. The Morgan fingerprint density at radius 3 is 2.92 bits per heavy atom. The Balaban J connectivity index is 1.71. The van der Waals surface area contributed by atoms with Crippen molar-refractivity contribution in [3.8, 4) is 5.75 Å². The van der Waals surface area contributed by atoms with Gasteiger partial charge in [-0.2, -0.15) is 0 Å². The Morgan fingerprint density at radius 1 is 1.38 bits per heavy atom. The fraction of sp³-hybridized carbons (Fsp3) is 0.333. The highest BCUT2D eigenvalue weighted by Crippen LogP contribution is 2.21. The second kappa shape index (κ2) is 7.15. The third kappa shape index (κ3) is 3.49. The van der Waals surface area contributed by atoms with Crippen LogP contribution in [0.4, 0.5) is 0 Å². The van der Waals surface area contributed by atoms with E-state index < -0.39 is 6.10 Å². The zero-order valence-electron chi connectivity index (χ0n) is 13.7. The number of ether oxygens (including phenoxy) is 1. The third-order valence-corrected chi connectivity index (χ3v) is 5.04. The van der Waals surface area contributed by atoms with Gasteiger partial charge in [-0.05, 0) is 31.0 Å². The minimum Gasteiger partial charge on any atom is -0.491 e. The van der Waals surface area contributed by atoms with Gasteiger partial charge in [0, 0.05) is 4.88 Å². The summed E-state index contributed by atoms with van der Waals surface area (Å²) in [5.74, 6) is 0.739. The summed E-state index contributed by atoms with van der Waals surface area (Å²) in [5, 5.41) is 10.8. The standard InChI is InChI=1S/C18H20N2O3S/c1-3-14-8-15-17(24-14)19-11-20(18(15)22)9-13(21)10-23-16-7-5-4-6-12(16)2/h4-8,11,13,21H,3,9-10H2,1-2H3. The van der Waals surface area contributed by atoms with Crippen molar-refractivity contribution >= 4 is 21.6 Å². The van der Waals surface area contributed by atoms with Crippen molar-refractivity contribution in [3.05, 3.63) is 57.5 Å². The molecule has 0 spiro atoms. The molecule has 126 valence electrons. The number of aryl methyl sites for hydroxylation is 2. The number of rotatable bonds is 6. The predicted molar refractivity (Wildman–Crippen MR) is 95.9 cm³/mol. The lowest BCUT2D eigenvalue weighted by Crippen LogP contribution is -2.30. The maximum absolute atomic E-state index is 12.5. The van der Waals surface area contributed by atoms with Crippen LogP contribution in [0.2, 0.25) is 0 Å². The zero-order valence-corrected chi connectivity index (χ0v) is 14.5. The van der Waals surface area contributed by atoms with Crippen molar-refractivity contribution in [1.29, 1.82) is 0 Å². The smallest absolute Gasteiger partial charge is 0.262 e. The summed E-state index contributed by atoms with van der Waals surface area (Å²) >= 11 is 1.54. The van der Waals surface area contributed by atoms with E-state index in [1.165, 1.54) is 22.2 Å². The van der Waals surface area contributed by atoms with E-state index in [0.717, 1.165) is 27.4 Å². The molecule has 1 unspecified atom stereocenters. The molecule has 0 amide bonds. The molecule has 1 N–H and O–H groups in total. The van der Waals surface area contributed by atoms with Crippen molar-refractivity contribution in [2.75, 3.05) is 6.61 Å². The van der Waals surface area contributed by atoms with E-state index in [2.05, 4.69) is 11.9 Å². The first kappa shape index (κ1) is 16.7. The Hall–Kier alpha value is -2.18. The summed E-state index contributed by atoms with van der Waals surface area (Å²) in [6, 6.07) is 9.52. The van der Waals surface area contributed by atoms with Gasteiger partial charge in [-0.25, -0.2) is 4.98 Å². The van der Waals surface area contributed by atoms with Crippen molar-refractivity contribution in [3.63, 3.8) is 0 Å². The summed E-state index contributed by atoms with van der Waals surface area (Å²) in [7, 11) is 0. The van der Waals surface area contributed by atoms with Crippen molar-refractivity contribution in [1.82, 2.24) is 9.55 Å². The monoisotopic (exact) mass is 344 g/mol. The van der Waals surface area contributed by atoms with Crippen LogP contribution in [0.1, 0.15) is 17.4 Å². The molecule has 0 bridgehead atoms. The molecule has 3 rings (SSSR count). The maximum atomic E-state index is 12.5. The Morgan fingerprint density at radius 2 is 2.17 bits per heavy atom. The number of aliphatic hydroxyl groups is 1. The fourth-order valence-electron chi connectivity index (χ4n) is 2.50. The molecular formula is C18H20N2O3S. The largest absolute Gasteiger partial charge is 0.491 e. The van der Waals surface area contributed by atoms with Crippen LogP contribution in [0.15, 0.2) is 41.5 Å². The molecule has 0 aliphatic rings. The molecule has 3 aromatic rings. The van der Waals surface area contributed by atoms with E-state index in [0.29, 0.717) is 5.39 Å². The Labute approximate surface area is 144 Å². The van der Waals surface area contributed by atoms with Crippen LogP contribution in [0.25, 0.3) is 10.2 Å². The molecule has 0 saturated heterocycles. The fourth-order valence-corrected chi connectivity index (χ4v) is 3.42. The number of hydrogen-bond donors (Lipinski definition) is 1. The van der Waals surface area contributed by atoms with Gasteiger partial charge in [0.05, 0.1) is 18.3 Å². The average Bonchev–Trinajstić information content (AvgIpc) is 3.01. The van der Waals surface area contributed by atoms with Crippen LogP contribution in [0.5, 0.6) is 5.75 Å². The van der Waals surface area contributed by atoms with E-state index in [1.807, 2.05) is 37.3 Å². The van der Waals surface area contributed by atoms with Crippen LogP contribution < -0.4 is 10.3 Å². The number of aliphatic hydroxyl groups excluding tert-OH is 1. The number of hydrogen-bond acceptors (Lipinski definition) is 5. The number of para-hydroxylation sites is 1. The van der Waals surface area contributed by atoms with E-state index in [4.69, 9.17) is 4.74 Å². The van der Waals surface area contributed by atoms with Crippen LogP contribution >= 0.6 is 11.3 Å². The molecule has 1 atom stereocenters. The van der Waals surface area contributed by atoms with Gasteiger partial charge in [0.2, 0.25) is 0 Å². The number of nitrogens with zero attached hydrogens (tertiary/aromatic N) is 2. The van der Waals surface area contributed by atoms with E-state index in [9.17, 15) is 9.90 Å². The highest BCUT2D eigenvalue weighted by molar-refractivity contribution is 7.18. The Bertz CT molecular complexity index is 901. The van der Waals surface area contributed by atoms with Gasteiger partial charge in [0.1, 0.15) is 23.3 Å². The molecule has 2 aromatic heterocycles. The molecule has 5 nitrogen and oxygen atoms in total. The molecule has 2 heterocycles. The quantitative estimate of drug-likeness (QED) is 0.747. The van der Waals surface area contributed by atoms with Gasteiger partial charge in [-0.3, -0.25) is 9.36 Å². The summed E-state index contributed by atoms with van der Waals surface area (Å²) < 4.78 is 7.08. The van der Waals surface area contributed by atoms with Crippen molar-refractivity contribution in [2.24, 2.45) is 0 Å². The summed E-state index contributed by atoms with van der Waals surface area (Å²) in [6.45, 7) is 4.28. The molecule has 0 saturated carbocycles. The lowest BCUT2D eigenvalue weighted by Gasteiger charge is -2.14. The predicted octanol–water partition coefficient (Wildman–Crippen LogP) is 2.77. The lowest BCUT2D eigenvalue weighted by atomic mass is 10.2. The number of benzene rings is 1. The zero-order chi connectivity index (χ0) is 17.1. The molecule has 24 heavy (non-hydrogen) atoms. The average molecular weight is 344 g/mol. The second-order valence-electron chi connectivity index (χ2n) is 5.72. The first-order valence-corrected chi connectivity index (χ1v) is 8.74. The minimum atomic E-state index is -0.786. The first-order valence-electron chi connectivity index (χ1n) is 7.93. The highest BCUT2D eigenvalue weighted by Gasteiger charge is 2.12. The topological polar surface area (TPSA) is 64.4 Å². The Kier molecular flexibility index (Phi) is 4.97. The van der Waals surface area contributed by atoms with E-state index >= 15 is 0 Å². The van der Waals surface area contributed by atoms with Crippen LogP contribution in [-0.4, -0.2) is 27.4 Å². The van der Waals surface area contributed by atoms with E-state index in [1.54, 1.807) is 0 Å². The number of thiophene rings is 1. The summed E-state index contributed by atoms with van der Waals surface area (Å²) in [4.78, 5) is 18.7. The molecule has 1 aromatic carbocycles. The molecule has 0 radical (unpaired) electrons. The first-order chi connectivity index (χ1) is 11.6. The third-order valence-electron chi connectivity index (χ3n) is 3.85. The van der Waals surface area contributed by atoms with Crippen molar-refractivity contribution < 1.29 is 9.84 Å². The van der Waals surface area contributed by atoms with Gasteiger partial charge in [-0.1, -0.05) is 25.1 Å². The van der Waals surface area contributed by atoms with Gasteiger partial charge in [-0.15, -0.1) is 11.3 Å². The highest BCUT2D eigenvalue weighted by atomic mass is 32.1. The number of aromatic nitrogens is 2. The molecule has 0 fully saturated rings. The van der Waals surface area contributed by atoms with Crippen LogP contribution in [-0.2, 0) is 13.0 Å². The normalized spacial score (nSPS) is 12.5. The SMILES string of the molecule is CCc1cc2c(=O)n(CC(O)COc3ccccc3C)cnc2s1. The second-order valence-corrected chi connectivity index (χ2v) is 6.83. The maximum Gasteiger partial charge on any atom is 0.262 e. The minimum absolute atomic E-state index is 0.120. The number of fused-ring (bicyclic) bond motifs is 1. The lowest BCUT2D eigenvalue weighted by molar-refractivity contribution is 0.0911. The molecule has 0 aliphatic heterocycles. The van der Waals surface area contributed by atoms with Crippen LogP contribution in [0, 0.1) is 6.92 Å². The van der Waals surface area contributed by atoms with Gasteiger partial charge in [0.15, 0.2) is 0 Å². The summed E-state index contributed by atoms with van der Waals surface area (Å²) in [5.41, 5.74) is 0.890. The van der Waals surface area contributed by atoms with Gasteiger partial charge in [0.25, 0.3) is 5.56 Å². The van der Waals surface area contributed by atoms with Crippen LogP contribution in [0.3, 0.4) is 0 Å². The van der Waals surface area contributed by atoms with Gasteiger partial charge < -0.3 is 9.84 Å². The van der Waals surface area contributed by atoms with E-state index in [-0.39, 0.29) is 18.7 Å². The molecular weight excluding hydrogens is 324 g/mol. The van der Waals surface area contributed by atoms with Crippen molar-refractivity contribution in [2.45, 2.75) is 32.9 Å². The van der Waals surface area contributed by atoms with Gasteiger partial charge >= 0.3 is 0 Å².